The van der Waals surface area contributed by atoms with Crippen molar-refractivity contribution in [3.05, 3.63) is 42.0 Å². The highest BCUT2D eigenvalue weighted by Crippen LogP contribution is 2.20. The molecule has 0 saturated carbocycles. The lowest BCUT2D eigenvalue weighted by molar-refractivity contribution is 0.415. The van der Waals surface area contributed by atoms with Crippen molar-refractivity contribution >= 4 is 0 Å². The van der Waals surface area contributed by atoms with Gasteiger partial charge in [0.15, 0.2) is 5.82 Å². The number of rotatable bonds is 5. The minimum atomic E-state index is -0.422. The number of hydrogen-bond acceptors (Lipinski definition) is 3. The molecule has 1 heterocycles. The highest BCUT2D eigenvalue weighted by Gasteiger charge is 2.08. The first kappa shape index (κ1) is 13.5. The fourth-order valence-electron chi connectivity index (χ4n) is 1.80. The Hall–Kier alpha value is -1.97. The van der Waals surface area contributed by atoms with Gasteiger partial charge in [-0.3, -0.25) is 0 Å². The number of unbranched alkanes of at least 4 members (excludes halogenated alkanes) is 1. The third kappa shape index (κ3) is 3.28. The Kier molecular flexibility index (Phi) is 4.44. The smallest absolute Gasteiger partial charge is 0.219 e. The summed E-state index contributed by atoms with van der Waals surface area (Å²) in [5.74, 6) is 0.735. The zero-order chi connectivity index (χ0) is 13.7. The molecule has 0 radical (unpaired) electrons. The van der Waals surface area contributed by atoms with E-state index in [0.717, 1.165) is 24.2 Å². The Morgan fingerprint density at radius 3 is 2.53 bits per heavy atom. The minimum Gasteiger partial charge on any atom is -0.497 e. The average Bonchev–Trinajstić information content (AvgIpc) is 2.46. The van der Waals surface area contributed by atoms with E-state index in [4.69, 9.17) is 4.74 Å². The summed E-state index contributed by atoms with van der Waals surface area (Å²) in [7, 11) is 1.60. The predicted molar refractivity (Wildman–Crippen MR) is 72.6 cm³/mol. The van der Waals surface area contributed by atoms with Crippen molar-refractivity contribution in [2.75, 3.05) is 7.11 Å². The summed E-state index contributed by atoms with van der Waals surface area (Å²) >= 11 is 0. The largest absolute Gasteiger partial charge is 0.497 e. The molecule has 0 N–H and O–H groups in total. The van der Waals surface area contributed by atoms with Gasteiger partial charge in [-0.1, -0.05) is 13.3 Å². The number of halogens is 1. The van der Waals surface area contributed by atoms with Gasteiger partial charge in [0, 0.05) is 17.3 Å². The Morgan fingerprint density at radius 2 is 1.95 bits per heavy atom. The van der Waals surface area contributed by atoms with Gasteiger partial charge in [-0.15, -0.1) is 0 Å². The van der Waals surface area contributed by atoms with Gasteiger partial charge in [0.2, 0.25) is 5.95 Å². The van der Waals surface area contributed by atoms with Crippen molar-refractivity contribution in [2.45, 2.75) is 26.2 Å². The van der Waals surface area contributed by atoms with Gasteiger partial charge in [0.1, 0.15) is 5.75 Å². The molecular weight excluding hydrogens is 243 g/mol. The SMILES string of the molecule is CCCCc1cnc(-c2ccc(OC)cc2)nc1F. The van der Waals surface area contributed by atoms with Crippen LogP contribution in [0.25, 0.3) is 11.4 Å². The van der Waals surface area contributed by atoms with Gasteiger partial charge in [-0.25, -0.2) is 4.98 Å². The monoisotopic (exact) mass is 260 g/mol. The molecule has 1 aromatic carbocycles. The normalized spacial score (nSPS) is 10.5. The van der Waals surface area contributed by atoms with Gasteiger partial charge in [0.25, 0.3) is 0 Å². The van der Waals surface area contributed by atoms with Crippen LogP contribution in [0.3, 0.4) is 0 Å². The van der Waals surface area contributed by atoms with Crippen LogP contribution < -0.4 is 4.74 Å². The predicted octanol–water partition coefficient (Wildman–Crippen LogP) is 3.63. The second-order valence-corrected chi connectivity index (χ2v) is 4.34. The molecule has 0 saturated heterocycles. The zero-order valence-electron chi connectivity index (χ0n) is 11.2. The molecule has 1 aromatic heterocycles. The maximum atomic E-state index is 13.8. The van der Waals surface area contributed by atoms with Gasteiger partial charge in [0.05, 0.1) is 7.11 Å². The third-order valence-corrected chi connectivity index (χ3v) is 2.96. The maximum Gasteiger partial charge on any atom is 0.219 e. The van der Waals surface area contributed by atoms with E-state index in [1.54, 1.807) is 13.3 Å². The van der Waals surface area contributed by atoms with Crippen LogP contribution in [-0.4, -0.2) is 17.1 Å². The van der Waals surface area contributed by atoms with Crippen LogP contribution >= 0.6 is 0 Å². The molecule has 0 spiro atoms. The van der Waals surface area contributed by atoms with Crippen molar-refractivity contribution in [3.8, 4) is 17.1 Å². The Morgan fingerprint density at radius 1 is 1.21 bits per heavy atom. The minimum absolute atomic E-state index is 0.403. The number of methoxy groups -OCH3 is 1. The van der Waals surface area contributed by atoms with E-state index in [1.165, 1.54) is 0 Å². The number of nitrogens with zero attached hydrogens (tertiary/aromatic N) is 2. The number of aromatic nitrogens is 2. The first-order valence-electron chi connectivity index (χ1n) is 6.40. The summed E-state index contributed by atoms with van der Waals surface area (Å²) < 4.78 is 18.9. The molecule has 3 nitrogen and oxygen atoms in total. The number of ether oxygens (including phenoxy) is 1. The Bertz CT molecular complexity index is 540. The quantitative estimate of drug-likeness (QED) is 0.770. The van der Waals surface area contributed by atoms with Crippen LogP contribution in [0.5, 0.6) is 5.75 Å². The molecule has 0 amide bonds. The van der Waals surface area contributed by atoms with Crippen LogP contribution in [0.1, 0.15) is 25.3 Å². The summed E-state index contributed by atoms with van der Waals surface area (Å²) in [5.41, 5.74) is 1.36. The van der Waals surface area contributed by atoms with Crippen LogP contribution in [0.2, 0.25) is 0 Å². The van der Waals surface area contributed by atoms with E-state index in [2.05, 4.69) is 16.9 Å². The number of aryl methyl sites for hydroxylation is 1. The van der Waals surface area contributed by atoms with Crippen molar-refractivity contribution < 1.29 is 9.13 Å². The second-order valence-electron chi connectivity index (χ2n) is 4.34. The van der Waals surface area contributed by atoms with Gasteiger partial charge >= 0.3 is 0 Å². The summed E-state index contributed by atoms with van der Waals surface area (Å²) in [5, 5.41) is 0. The maximum absolute atomic E-state index is 13.8. The fraction of sp³-hybridized carbons (Fsp3) is 0.333. The van der Waals surface area contributed by atoms with Crippen molar-refractivity contribution in [1.82, 2.24) is 9.97 Å². The molecule has 2 rings (SSSR count). The van der Waals surface area contributed by atoms with Crippen LogP contribution in [0.15, 0.2) is 30.5 Å². The molecule has 0 bridgehead atoms. The summed E-state index contributed by atoms with van der Waals surface area (Å²) in [6.45, 7) is 2.07. The van der Waals surface area contributed by atoms with Crippen molar-refractivity contribution in [3.63, 3.8) is 0 Å². The van der Waals surface area contributed by atoms with Gasteiger partial charge in [-0.2, -0.15) is 9.37 Å². The molecule has 0 fully saturated rings. The highest BCUT2D eigenvalue weighted by molar-refractivity contribution is 5.56. The molecule has 0 aliphatic carbocycles. The average molecular weight is 260 g/mol. The van der Waals surface area contributed by atoms with E-state index in [-0.39, 0.29) is 0 Å². The lowest BCUT2D eigenvalue weighted by Gasteiger charge is -2.05. The van der Waals surface area contributed by atoms with E-state index in [0.29, 0.717) is 17.8 Å². The van der Waals surface area contributed by atoms with Gasteiger partial charge in [-0.05, 0) is 37.1 Å². The molecule has 2 aromatic rings. The van der Waals surface area contributed by atoms with Crippen LogP contribution in [0.4, 0.5) is 4.39 Å². The summed E-state index contributed by atoms with van der Waals surface area (Å²) in [6.07, 6.45) is 4.24. The van der Waals surface area contributed by atoms with Crippen LogP contribution in [-0.2, 0) is 6.42 Å². The summed E-state index contributed by atoms with van der Waals surface area (Å²) in [4.78, 5) is 8.16. The highest BCUT2D eigenvalue weighted by atomic mass is 19.1. The van der Waals surface area contributed by atoms with Crippen molar-refractivity contribution in [2.24, 2.45) is 0 Å². The standard InChI is InChI=1S/C15H17FN2O/c1-3-4-5-12-10-17-15(18-14(12)16)11-6-8-13(19-2)9-7-11/h6-10H,3-5H2,1-2H3. The molecule has 19 heavy (non-hydrogen) atoms. The molecular formula is C15H17FN2O. The topological polar surface area (TPSA) is 35.0 Å². The van der Waals surface area contributed by atoms with Crippen molar-refractivity contribution in [1.29, 1.82) is 0 Å². The van der Waals surface area contributed by atoms with E-state index in [9.17, 15) is 4.39 Å². The van der Waals surface area contributed by atoms with E-state index < -0.39 is 5.95 Å². The third-order valence-electron chi connectivity index (χ3n) is 2.96. The number of benzene rings is 1. The molecule has 0 aliphatic rings. The molecule has 100 valence electrons. The zero-order valence-corrected chi connectivity index (χ0v) is 11.2. The summed E-state index contributed by atoms with van der Waals surface area (Å²) in [6, 6.07) is 7.25. The first-order chi connectivity index (χ1) is 9.24. The lowest BCUT2D eigenvalue weighted by Crippen LogP contribution is -1.99. The molecule has 0 aliphatic heterocycles. The molecule has 0 atom stereocenters. The Balaban J connectivity index is 2.22. The van der Waals surface area contributed by atoms with E-state index in [1.807, 2.05) is 24.3 Å². The molecule has 0 unspecified atom stereocenters. The lowest BCUT2D eigenvalue weighted by atomic mass is 10.1. The Labute approximate surface area is 112 Å². The van der Waals surface area contributed by atoms with Gasteiger partial charge < -0.3 is 4.74 Å². The molecule has 4 heteroatoms. The second kappa shape index (κ2) is 6.27. The first-order valence-corrected chi connectivity index (χ1v) is 6.40. The van der Waals surface area contributed by atoms with Crippen LogP contribution in [0, 0.1) is 5.95 Å². The van der Waals surface area contributed by atoms with E-state index >= 15 is 0 Å². The fourth-order valence-corrected chi connectivity index (χ4v) is 1.80. The number of hydrogen-bond donors (Lipinski definition) is 0.